The summed E-state index contributed by atoms with van der Waals surface area (Å²) in [5.41, 5.74) is 1.93. The molecule has 0 unspecified atom stereocenters. The van der Waals surface area contributed by atoms with E-state index in [1.807, 2.05) is 30.3 Å². The standard InChI is InChI=1S/C22H20F2N2O4/c1-28-18-8-7-16(11-19(18)30-22(23)24)13-26-21(27)17-9-10-25-20(12-17)29-14-15-5-3-2-4-6-15/h2-12,22H,13-14H2,1H3,(H,26,27). The average molecular weight is 414 g/mol. The third-order valence-corrected chi connectivity index (χ3v) is 4.12. The van der Waals surface area contributed by atoms with Crippen LogP contribution in [0.5, 0.6) is 17.4 Å². The topological polar surface area (TPSA) is 69.7 Å². The summed E-state index contributed by atoms with van der Waals surface area (Å²) in [6.45, 7) is -2.53. The molecule has 30 heavy (non-hydrogen) atoms. The Morgan fingerprint density at radius 3 is 2.57 bits per heavy atom. The van der Waals surface area contributed by atoms with Gasteiger partial charge < -0.3 is 19.5 Å². The molecule has 0 aliphatic carbocycles. The second kappa shape index (κ2) is 10.2. The number of ether oxygens (including phenoxy) is 3. The van der Waals surface area contributed by atoms with Crippen molar-refractivity contribution in [3.05, 3.63) is 83.6 Å². The van der Waals surface area contributed by atoms with Crippen LogP contribution in [0.4, 0.5) is 8.78 Å². The second-order valence-electron chi connectivity index (χ2n) is 6.20. The van der Waals surface area contributed by atoms with Crippen LogP contribution in [0, 0.1) is 0 Å². The number of methoxy groups -OCH3 is 1. The van der Waals surface area contributed by atoms with Gasteiger partial charge in [0.1, 0.15) is 6.61 Å². The van der Waals surface area contributed by atoms with E-state index in [0.29, 0.717) is 23.6 Å². The number of halogens is 2. The zero-order valence-electron chi connectivity index (χ0n) is 16.2. The van der Waals surface area contributed by atoms with Crippen molar-refractivity contribution in [3.8, 4) is 17.4 Å². The van der Waals surface area contributed by atoms with E-state index in [0.717, 1.165) is 5.56 Å². The molecule has 0 bridgehead atoms. The third-order valence-electron chi connectivity index (χ3n) is 4.12. The summed E-state index contributed by atoms with van der Waals surface area (Å²) in [7, 11) is 1.36. The summed E-state index contributed by atoms with van der Waals surface area (Å²) in [5, 5.41) is 2.73. The van der Waals surface area contributed by atoms with Crippen molar-refractivity contribution in [2.45, 2.75) is 19.8 Å². The number of hydrogen-bond donors (Lipinski definition) is 1. The molecule has 0 atom stereocenters. The number of rotatable bonds is 9. The highest BCUT2D eigenvalue weighted by molar-refractivity contribution is 5.94. The first-order valence-electron chi connectivity index (χ1n) is 9.08. The van der Waals surface area contributed by atoms with Crippen molar-refractivity contribution in [2.75, 3.05) is 7.11 Å². The highest BCUT2D eigenvalue weighted by atomic mass is 19.3. The predicted molar refractivity (Wildman–Crippen MR) is 106 cm³/mol. The zero-order chi connectivity index (χ0) is 21.3. The molecule has 0 saturated carbocycles. The van der Waals surface area contributed by atoms with Gasteiger partial charge in [-0.3, -0.25) is 4.79 Å². The Morgan fingerprint density at radius 2 is 1.83 bits per heavy atom. The lowest BCUT2D eigenvalue weighted by Gasteiger charge is -2.12. The Balaban J connectivity index is 1.61. The van der Waals surface area contributed by atoms with Gasteiger partial charge in [0.15, 0.2) is 11.5 Å². The van der Waals surface area contributed by atoms with Crippen molar-refractivity contribution >= 4 is 5.91 Å². The molecule has 1 heterocycles. The highest BCUT2D eigenvalue weighted by Gasteiger charge is 2.13. The van der Waals surface area contributed by atoms with E-state index in [2.05, 4.69) is 15.0 Å². The fraction of sp³-hybridized carbons (Fsp3) is 0.182. The number of nitrogens with one attached hydrogen (secondary N) is 1. The molecule has 1 aromatic heterocycles. The van der Waals surface area contributed by atoms with E-state index >= 15 is 0 Å². The zero-order valence-corrected chi connectivity index (χ0v) is 16.2. The van der Waals surface area contributed by atoms with Gasteiger partial charge in [-0.2, -0.15) is 8.78 Å². The summed E-state index contributed by atoms with van der Waals surface area (Å²) < 4.78 is 40.2. The normalized spacial score (nSPS) is 10.5. The maximum atomic E-state index is 12.5. The van der Waals surface area contributed by atoms with Crippen molar-refractivity contribution in [1.29, 1.82) is 0 Å². The van der Waals surface area contributed by atoms with Gasteiger partial charge in [-0.15, -0.1) is 0 Å². The molecule has 1 amide bonds. The molecule has 0 fully saturated rings. The number of nitrogens with zero attached hydrogens (tertiary/aromatic N) is 1. The lowest BCUT2D eigenvalue weighted by Crippen LogP contribution is -2.23. The molecule has 0 aliphatic heterocycles. The lowest BCUT2D eigenvalue weighted by molar-refractivity contribution is -0.0512. The van der Waals surface area contributed by atoms with Crippen LogP contribution in [0.1, 0.15) is 21.5 Å². The molecule has 0 aliphatic rings. The first-order valence-corrected chi connectivity index (χ1v) is 9.08. The number of amides is 1. The van der Waals surface area contributed by atoms with Gasteiger partial charge in [-0.25, -0.2) is 4.98 Å². The van der Waals surface area contributed by atoms with Crippen LogP contribution in [0.25, 0.3) is 0 Å². The number of carbonyl (C=O) groups excluding carboxylic acids is 1. The molecule has 2 aromatic carbocycles. The molecule has 1 N–H and O–H groups in total. The molecule has 3 rings (SSSR count). The molecule has 0 radical (unpaired) electrons. The Labute approximate surface area is 172 Å². The third kappa shape index (κ3) is 5.91. The van der Waals surface area contributed by atoms with Crippen molar-refractivity contribution in [1.82, 2.24) is 10.3 Å². The first kappa shape index (κ1) is 21.0. The van der Waals surface area contributed by atoms with Crippen LogP contribution < -0.4 is 19.5 Å². The molecule has 156 valence electrons. The quantitative estimate of drug-likeness (QED) is 0.568. The maximum absolute atomic E-state index is 12.5. The minimum Gasteiger partial charge on any atom is -0.493 e. The van der Waals surface area contributed by atoms with E-state index < -0.39 is 6.61 Å². The predicted octanol–water partition coefficient (Wildman–Crippen LogP) is 4.20. The molecule has 8 heteroatoms. The van der Waals surface area contributed by atoms with Gasteiger partial charge in [0.2, 0.25) is 5.88 Å². The van der Waals surface area contributed by atoms with Crippen LogP contribution in [0.3, 0.4) is 0 Å². The number of aromatic nitrogens is 1. The van der Waals surface area contributed by atoms with E-state index in [-0.39, 0.29) is 24.0 Å². The number of hydrogen-bond acceptors (Lipinski definition) is 5. The van der Waals surface area contributed by atoms with Crippen LogP contribution >= 0.6 is 0 Å². The van der Waals surface area contributed by atoms with E-state index in [9.17, 15) is 13.6 Å². The lowest BCUT2D eigenvalue weighted by atomic mass is 10.2. The minimum absolute atomic E-state index is 0.0974. The molecule has 0 saturated heterocycles. The molecule has 6 nitrogen and oxygen atoms in total. The van der Waals surface area contributed by atoms with Crippen molar-refractivity contribution in [3.63, 3.8) is 0 Å². The fourth-order valence-corrected chi connectivity index (χ4v) is 2.66. The summed E-state index contributed by atoms with van der Waals surface area (Å²) in [5.74, 6) is 0.0529. The maximum Gasteiger partial charge on any atom is 0.387 e. The molecule has 3 aromatic rings. The van der Waals surface area contributed by atoms with Crippen molar-refractivity contribution < 1.29 is 27.8 Å². The van der Waals surface area contributed by atoms with Gasteiger partial charge in [-0.1, -0.05) is 36.4 Å². The number of benzene rings is 2. The van der Waals surface area contributed by atoms with Gasteiger partial charge in [0, 0.05) is 24.4 Å². The average Bonchev–Trinajstić information content (AvgIpc) is 2.76. The SMILES string of the molecule is COc1ccc(CNC(=O)c2ccnc(OCc3ccccc3)c2)cc1OC(F)F. The van der Waals surface area contributed by atoms with Crippen LogP contribution in [0.15, 0.2) is 66.9 Å². The van der Waals surface area contributed by atoms with E-state index in [1.54, 1.807) is 12.1 Å². The Kier molecular flexibility index (Phi) is 7.15. The highest BCUT2D eigenvalue weighted by Crippen LogP contribution is 2.29. The van der Waals surface area contributed by atoms with Crippen molar-refractivity contribution in [2.24, 2.45) is 0 Å². The van der Waals surface area contributed by atoms with Gasteiger partial charge in [0.25, 0.3) is 5.91 Å². The monoisotopic (exact) mass is 414 g/mol. The van der Waals surface area contributed by atoms with Crippen LogP contribution in [0.2, 0.25) is 0 Å². The van der Waals surface area contributed by atoms with Crippen LogP contribution in [-0.2, 0) is 13.2 Å². The molecular formula is C22H20F2N2O4. The summed E-state index contributed by atoms with van der Waals surface area (Å²) in [4.78, 5) is 16.6. The van der Waals surface area contributed by atoms with Gasteiger partial charge in [-0.05, 0) is 29.3 Å². The van der Waals surface area contributed by atoms with E-state index in [4.69, 9.17) is 9.47 Å². The van der Waals surface area contributed by atoms with Gasteiger partial charge in [0.05, 0.1) is 7.11 Å². The number of alkyl halides is 2. The molecule has 0 spiro atoms. The largest absolute Gasteiger partial charge is 0.493 e. The van der Waals surface area contributed by atoms with E-state index in [1.165, 1.54) is 31.5 Å². The smallest absolute Gasteiger partial charge is 0.387 e. The second-order valence-corrected chi connectivity index (χ2v) is 6.20. The Hall–Kier alpha value is -3.68. The molecular weight excluding hydrogens is 394 g/mol. The summed E-state index contributed by atoms with van der Waals surface area (Å²) in [6, 6.07) is 17.2. The first-order chi connectivity index (χ1) is 14.5. The Bertz CT molecular complexity index is 984. The Morgan fingerprint density at radius 1 is 1.03 bits per heavy atom. The minimum atomic E-state index is -2.98. The number of pyridine rings is 1. The summed E-state index contributed by atoms with van der Waals surface area (Å²) in [6.07, 6.45) is 1.48. The number of carbonyl (C=O) groups is 1. The fourth-order valence-electron chi connectivity index (χ4n) is 2.66. The van der Waals surface area contributed by atoms with Gasteiger partial charge >= 0.3 is 6.61 Å². The summed E-state index contributed by atoms with van der Waals surface area (Å²) >= 11 is 0. The van der Waals surface area contributed by atoms with Crippen LogP contribution in [-0.4, -0.2) is 24.6 Å².